The highest BCUT2D eigenvalue weighted by Gasteiger charge is 2.67. The zero-order chi connectivity index (χ0) is 20.7. The maximum atomic E-state index is 12.8. The molecule has 160 valence electrons. The Morgan fingerprint density at radius 1 is 1.30 bits per heavy atom. The van der Waals surface area contributed by atoms with Gasteiger partial charge in [-0.2, -0.15) is 0 Å². The van der Waals surface area contributed by atoms with Crippen molar-refractivity contribution in [3.05, 3.63) is 41.1 Å². The number of hydrogen-bond acceptors (Lipinski definition) is 7. The molecule has 4 heterocycles. The molecule has 3 saturated heterocycles. The third kappa shape index (κ3) is 2.16. The predicted molar refractivity (Wildman–Crippen MR) is 109 cm³/mol. The van der Waals surface area contributed by atoms with Crippen molar-refractivity contribution >= 4 is 11.7 Å². The Hall–Kier alpha value is -1.93. The number of aliphatic hydroxyl groups is 1. The first kappa shape index (κ1) is 18.8. The zero-order valence-electron chi connectivity index (χ0n) is 17.4. The van der Waals surface area contributed by atoms with E-state index in [1.807, 2.05) is 13.0 Å². The molecule has 4 aliphatic heterocycles. The van der Waals surface area contributed by atoms with Gasteiger partial charge in [-0.1, -0.05) is 18.2 Å². The molecule has 7 heteroatoms. The van der Waals surface area contributed by atoms with Crippen LogP contribution in [0.3, 0.4) is 0 Å². The predicted octanol–water partition coefficient (Wildman–Crippen LogP) is 1.77. The van der Waals surface area contributed by atoms with Crippen LogP contribution in [0.5, 0.6) is 0 Å². The maximum Gasteiger partial charge on any atom is 0.335 e. The number of ether oxygens (including phenoxy) is 3. The van der Waals surface area contributed by atoms with Crippen molar-refractivity contribution in [3.63, 3.8) is 0 Å². The number of fused-ring (bicyclic) bond motifs is 1. The fourth-order valence-electron chi connectivity index (χ4n) is 6.98. The number of hydrogen-bond donors (Lipinski definition) is 2. The summed E-state index contributed by atoms with van der Waals surface area (Å²) in [5, 5.41) is 15.3. The van der Waals surface area contributed by atoms with Crippen molar-refractivity contribution < 1.29 is 24.1 Å². The summed E-state index contributed by atoms with van der Waals surface area (Å²) in [4.78, 5) is 15.2. The lowest BCUT2D eigenvalue weighted by Gasteiger charge is -2.55. The summed E-state index contributed by atoms with van der Waals surface area (Å²) in [6.45, 7) is 4.20. The van der Waals surface area contributed by atoms with Crippen molar-refractivity contribution in [1.29, 1.82) is 0 Å². The lowest BCUT2D eigenvalue weighted by molar-refractivity contribution is -0.280. The molecule has 1 aromatic rings. The van der Waals surface area contributed by atoms with E-state index < -0.39 is 11.4 Å². The molecule has 2 N–H and O–H groups in total. The molecule has 0 radical (unpaired) electrons. The van der Waals surface area contributed by atoms with Crippen molar-refractivity contribution in [3.8, 4) is 0 Å². The number of carbonyl (C=O) groups is 1. The van der Waals surface area contributed by atoms with Gasteiger partial charge in [0.1, 0.15) is 5.60 Å². The Labute approximate surface area is 176 Å². The van der Waals surface area contributed by atoms with Crippen molar-refractivity contribution in [2.75, 3.05) is 38.7 Å². The average molecular weight is 412 g/mol. The van der Waals surface area contributed by atoms with Gasteiger partial charge < -0.3 is 24.6 Å². The van der Waals surface area contributed by atoms with E-state index in [4.69, 9.17) is 14.2 Å². The first-order valence-electron chi connectivity index (χ1n) is 10.8. The molecule has 0 bridgehead atoms. The number of anilines is 1. The van der Waals surface area contributed by atoms with Crippen molar-refractivity contribution in [2.24, 2.45) is 5.92 Å². The summed E-state index contributed by atoms with van der Waals surface area (Å²) in [7, 11) is 1.44. The van der Waals surface area contributed by atoms with E-state index in [0.717, 1.165) is 24.4 Å². The first-order valence-corrected chi connectivity index (χ1v) is 10.8. The molecule has 3 fully saturated rings. The molecule has 1 aliphatic carbocycles. The van der Waals surface area contributed by atoms with Crippen LogP contribution < -0.4 is 5.32 Å². The fraction of sp³-hybridized carbons (Fsp3) is 0.609. The largest absolute Gasteiger partial charge is 0.466 e. The Morgan fingerprint density at radius 3 is 2.83 bits per heavy atom. The van der Waals surface area contributed by atoms with E-state index in [1.165, 1.54) is 12.7 Å². The quantitative estimate of drug-likeness (QED) is 0.717. The van der Waals surface area contributed by atoms with Crippen LogP contribution in [-0.4, -0.2) is 66.8 Å². The number of benzene rings is 1. The molecule has 7 nitrogen and oxygen atoms in total. The van der Waals surface area contributed by atoms with Crippen LogP contribution in [0.4, 0.5) is 5.69 Å². The summed E-state index contributed by atoms with van der Waals surface area (Å²) in [5.74, 6) is -1.20. The van der Waals surface area contributed by atoms with Crippen LogP contribution in [0.25, 0.3) is 0 Å². The zero-order valence-corrected chi connectivity index (χ0v) is 17.4. The summed E-state index contributed by atoms with van der Waals surface area (Å²) in [5.41, 5.74) is 2.66. The monoisotopic (exact) mass is 412 g/mol. The van der Waals surface area contributed by atoms with Crippen molar-refractivity contribution in [2.45, 2.75) is 49.0 Å². The van der Waals surface area contributed by atoms with Crippen LogP contribution in [0.1, 0.15) is 31.7 Å². The molecule has 5 aliphatic rings. The number of carbonyl (C=O) groups excluding carboxylic acids is 1. The lowest BCUT2D eigenvalue weighted by atomic mass is 9.59. The Balaban J connectivity index is 1.50. The highest BCUT2D eigenvalue weighted by Crippen LogP contribution is 2.62. The van der Waals surface area contributed by atoms with E-state index in [2.05, 4.69) is 28.4 Å². The van der Waals surface area contributed by atoms with Crippen molar-refractivity contribution in [1.82, 2.24) is 4.90 Å². The number of rotatable bonds is 2. The van der Waals surface area contributed by atoms with Gasteiger partial charge in [-0.3, -0.25) is 4.90 Å². The molecule has 0 amide bonds. The number of piperidine rings is 1. The second-order valence-corrected chi connectivity index (χ2v) is 9.49. The standard InChI is InChI=1S/C23H28N2O5/c1-21(29-9-10-30-21)22(27)12-14-11-15(20(26)28-2)18-23(7-8-25(13-22)19(14)23)16-5-3-4-6-17(16)24-18/h3-6,14,19,24,27H,7-13H2,1-2H3/t14-,19-,22-,23+/m0/s1. The highest BCUT2D eigenvalue weighted by molar-refractivity contribution is 5.93. The minimum Gasteiger partial charge on any atom is -0.466 e. The Morgan fingerprint density at radius 2 is 2.07 bits per heavy atom. The first-order chi connectivity index (χ1) is 14.4. The molecule has 0 aromatic heterocycles. The molecule has 0 unspecified atom stereocenters. The van der Waals surface area contributed by atoms with E-state index >= 15 is 0 Å². The van der Waals surface area contributed by atoms with Gasteiger partial charge in [0.25, 0.3) is 0 Å². The molecular formula is C23H28N2O5. The second-order valence-electron chi connectivity index (χ2n) is 9.49. The second kappa shape index (κ2) is 6.07. The number of nitrogens with zero attached hydrogens (tertiary/aromatic N) is 1. The average Bonchev–Trinajstić information content (AvgIpc) is 3.44. The van der Waals surface area contributed by atoms with Gasteiger partial charge in [0.2, 0.25) is 0 Å². The van der Waals surface area contributed by atoms with Gasteiger partial charge in [0, 0.05) is 24.0 Å². The Bertz CT molecular complexity index is 955. The minimum absolute atomic E-state index is 0.0988. The summed E-state index contributed by atoms with van der Waals surface area (Å²) < 4.78 is 17.0. The smallest absolute Gasteiger partial charge is 0.335 e. The van der Waals surface area contributed by atoms with Crippen LogP contribution in [0.2, 0.25) is 0 Å². The van der Waals surface area contributed by atoms with E-state index in [1.54, 1.807) is 0 Å². The van der Waals surface area contributed by atoms with Crippen LogP contribution in [0, 0.1) is 5.92 Å². The molecule has 30 heavy (non-hydrogen) atoms. The topological polar surface area (TPSA) is 80.3 Å². The van der Waals surface area contributed by atoms with Gasteiger partial charge >= 0.3 is 5.97 Å². The number of esters is 1. The summed E-state index contributed by atoms with van der Waals surface area (Å²) >= 11 is 0. The maximum absolute atomic E-state index is 12.8. The normalized spacial score (nSPS) is 38.6. The fourth-order valence-corrected chi connectivity index (χ4v) is 6.98. The van der Waals surface area contributed by atoms with Crippen LogP contribution >= 0.6 is 0 Å². The van der Waals surface area contributed by atoms with E-state index in [-0.39, 0.29) is 23.3 Å². The van der Waals surface area contributed by atoms with Gasteiger partial charge in [-0.05, 0) is 50.3 Å². The molecular weight excluding hydrogens is 384 g/mol. The third-order valence-electron chi connectivity index (χ3n) is 8.20. The van der Waals surface area contributed by atoms with Gasteiger partial charge in [0.15, 0.2) is 5.79 Å². The van der Waals surface area contributed by atoms with Crippen LogP contribution in [0.15, 0.2) is 35.5 Å². The van der Waals surface area contributed by atoms with Gasteiger partial charge in [-0.15, -0.1) is 0 Å². The van der Waals surface area contributed by atoms with Gasteiger partial charge in [-0.25, -0.2) is 4.79 Å². The molecule has 1 spiro atoms. The third-order valence-corrected chi connectivity index (χ3v) is 8.20. The lowest BCUT2D eigenvalue weighted by Crippen LogP contribution is -2.67. The number of nitrogens with one attached hydrogen (secondary N) is 1. The van der Waals surface area contributed by atoms with Crippen LogP contribution in [-0.2, 0) is 24.4 Å². The van der Waals surface area contributed by atoms with E-state index in [0.29, 0.717) is 38.2 Å². The Kier molecular flexibility index (Phi) is 3.80. The summed E-state index contributed by atoms with van der Waals surface area (Å²) in [6, 6.07) is 8.59. The highest BCUT2D eigenvalue weighted by atomic mass is 16.7. The minimum atomic E-state index is -1.12. The number of para-hydroxylation sites is 1. The summed E-state index contributed by atoms with van der Waals surface area (Å²) in [6.07, 6.45) is 2.01. The molecule has 0 saturated carbocycles. The number of methoxy groups -OCH3 is 1. The van der Waals surface area contributed by atoms with Gasteiger partial charge in [0.05, 0.1) is 31.3 Å². The van der Waals surface area contributed by atoms with E-state index in [9.17, 15) is 9.90 Å². The molecule has 6 rings (SSSR count). The molecule has 4 atom stereocenters. The SMILES string of the molecule is COC(=O)C1=C2Nc3ccccc3[C@]23CCN2C[C@](O)(C4(C)OCCO4)C[C@H](C1)[C@H]23. The molecule has 1 aromatic carbocycles.